The smallest absolute Gasteiger partial charge is 0.304 e. The van der Waals surface area contributed by atoms with Crippen molar-refractivity contribution >= 4 is 27.7 Å². The molecule has 9 heteroatoms. The maximum Gasteiger partial charge on any atom is 0.304 e. The molecule has 0 radical (unpaired) electrons. The Hall–Kier alpha value is -3.69. The van der Waals surface area contributed by atoms with E-state index in [2.05, 4.69) is 5.32 Å². The van der Waals surface area contributed by atoms with E-state index in [0.29, 0.717) is 5.69 Å². The molecule has 41 heavy (non-hydrogen) atoms. The number of amides is 2. The molecule has 8 nitrogen and oxygen atoms in total. The third-order valence-electron chi connectivity index (χ3n) is 7.12. The predicted molar refractivity (Wildman–Crippen MR) is 165 cm³/mol. The van der Waals surface area contributed by atoms with Crippen LogP contribution in [0.25, 0.3) is 0 Å². The molecule has 0 spiro atoms. The molecule has 0 saturated carbocycles. The van der Waals surface area contributed by atoms with Crippen LogP contribution in [0, 0.1) is 13.8 Å². The van der Waals surface area contributed by atoms with E-state index < -0.39 is 28.7 Å². The quantitative estimate of drug-likeness (QED) is 0.324. The van der Waals surface area contributed by atoms with Gasteiger partial charge in [0.15, 0.2) is 0 Å². The molecule has 2 amide bonds. The van der Waals surface area contributed by atoms with Crippen molar-refractivity contribution in [3.05, 3.63) is 101 Å². The molecule has 1 N–H and O–H groups in total. The molecule has 0 aliphatic carbocycles. The van der Waals surface area contributed by atoms with Crippen molar-refractivity contribution in [2.24, 2.45) is 0 Å². The third kappa shape index (κ3) is 8.41. The van der Waals surface area contributed by atoms with Crippen molar-refractivity contribution in [3.8, 4) is 0 Å². The van der Waals surface area contributed by atoms with E-state index in [1.54, 1.807) is 6.07 Å². The Morgan fingerprint density at radius 1 is 0.878 bits per heavy atom. The third-order valence-corrected chi connectivity index (χ3v) is 8.93. The number of carbonyl (C=O) groups excluding carboxylic acids is 2. The lowest BCUT2D eigenvalue weighted by Crippen LogP contribution is -2.55. The summed E-state index contributed by atoms with van der Waals surface area (Å²) in [5, 5.41) is 3.05. The molecule has 0 bridgehead atoms. The van der Waals surface area contributed by atoms with Gasteiger partial charge in [-0.3, -0.25) is 9.59 Å². The van der Waals surface area contributed by atoms with E-state index >= 15 is 0 Å². The number of carbonyl (C=O) groups is 2. The molecule has 0 aliphatic rings. The molecule has 2 atom stereocenters. The zero-order chi connectivity index (χ0) is 30.2. The molecule has 3 aromatic rings. The SMILES string of the molecule is CC[C@@H](C)NC(=O)[C@H](Cc1ccccc1)N(Cc1ccccc1)C(=O)CN(c1cc(C)ccc1C)S(=O)(=O)N(C)C. The van der Waals surface area contributed by atoms with E-state index in [0.717, 1.165) is 37.3 Å². The highest BCUT2D eigenvalue weighted by molar-refractivity contribution is 7.90. The number of hydrogen-bond acceptors (Lipinski definition) is 4. The summed E-state index contributed by atoms with van der Waals surface area (Å²) in [4.78, 5) is 29.6. The monoisotopic (exact) mass is 578 g/mol. The molecular formula is C32H42N4O4S. The molecule has 3 rings (SSSR count). The van der Waals surface area contributed by atoms with Gasteiger partial charge in [-0.2, -0.15) is 12.7 Å². The second-order valence-corrected chi connectivity index (χ2v) is 12.7. The first-order chi connectivity index (χ1) is 19.4. The molecule has 220 valence electrons. The number of nitrogens with zero attached hydrogens (tertiary/aromatic N) is 3. The number of benzene rings is 3. The van der Waals surface area contributed by atoms with Crippen LogP contribution in [0.3, 0.4) is 0 Å². The lowest BCUT2D eigenvalue weighted by atomic mass is 10.0. The number of hydrogen-bond donors (Lipinski definition) is 1. The zero-order valence-corrected chi connectivity index (χ0v) is 25.7. The van der Waals surface area contributed by atoms with Crippen LogP contribution in [-0.2, 0) is 32.8 Å². The van der Waals surface area contributed by atoms with Gasteiger partial charge in [0.05, 0.1) is 5.69 Å². The van der Waals surface area contributed by atoms with Crippen LogP contribution < -0.4 is 9.62 Å². The number of aryl methyl sites for hydroxylation is 2. The van der Waals surface area contributed by atoms with Crippen LogP contribution in [0.15, 0.2) is 78.9 Å². The summed E-state index contributed by atoms with van der Waals surface area (Å²) in [6, 6.07) is 23.5. The van der Waals surface area contributed by atoms with Gasteiger partial charge in [0.2, 0.25) is 11.8 Å². The van der Waals surface area contributed by atoms with Crippen molar-refractivity contribution in [1.82, 2.24) is 14.5 Å². The van der Waals surface area contributed by atoms with Gasteiger partial charge >= 0.3 is 10.2 Å². The minimum absolute atomic E-state index is 0.0880. The number of nitrogens with one attached hydrogen (secondary N) is 1. The maximum atomic E-state index is 14.3. The van der Waals surface area contributed by atoms with Crippen LogP contribution in [0.5, 0.6) is 0 Å². The zero-order valence-electron chi connectivity index (χ0n) is 24.9. The largest absolute Gasteiger partial charge is 0.352 e. The van der Waals surface area contributed by atoms with Gasteiger partial charge in [-0.25, -0.2) is 4.31 Å². The van der Waals surface area contributed by atoms with Gasteiger partial charge in [-0.1, -0.05) is 79.7 Å². The van der Waals surface area contributed by atoms with Gasteiger partial charge in [-0.15, -0.1) is 0 Å². The topological polar surface area (TPSA) is 90.0 Å². The number of anilines is 1. The Balaban J connectivity index is 2.11. The summed E-state index contributed by atoms with van der Waals surface area (Å²) in [6.45, 7) is 7.29. The molecule has 0 heterocycles. The highest BCUT2D eigenvalue weighted by atomic mass is 32.2. The second kappa shape index (κ2) is 14.3. The van der Waals surface area contributed by atoms with Crippen molar-refractivity contribution < 1.29 is 18.0 Å². The predicted octanol–water partition coefficient (Wildman–Crippen LogP) is 4.47. The molecule has 0 unspecified atom stereocenters. The summed E-state index contributed by atoms with van der Waals surface area (Å²) < 4.78 is 29.4. The standard InChI is InChI=1S/C32H42N4O4S/c1-7-26(4)33-32(38)30(21-27-14-10-8-11-15-27)35(22-28-16-12-9-13-17-28)31(37)23-36(41(39,40)34(5)6)29-20-24(2)18-19-25(29)3/h8-20,26,30H,7,21-23H2,1-6H3,(H,33,38)/t26-,30+/m1/s1. The lowest BCUT2D eigenvalue weighted by molar-refractivity contribution is -0.140. The van der Waals surface area contributed by atoms with Crippen LogP contribution in [0.2, 0.25) is 0 Å². The minimum Gasteiger partial charge on any atom is -0.352 e. The fourth-order valence-corrected chi connectivity index (χ4v) is 5.58. The minimum atomic E-state index is -4.04. The first kappa shape index (κ1) is 31.8. The number of rotatable bonds is 13. The molecular weight excluding hydrogens is 536 g/mol. The second-order valence-electron chi connectivity index (χ2n) is 10.6. The summed E-state index contributed by atoms with van der Waals surface area (Å²) in [7, 11) is -1.16. The summed E-state index contributed by atoms with van der Waals surface area (Å²) in [6.07, 6.45) is 1.02. The van der Waals surface area contributed by atoms with Gasteiger partial charge in [0.1, 0.15) is 12.6 Å². The van der Waals surface area contributed by atoms with Crippen molar-refractivity contribution in [2.75, 3.05) is 24.9 Å². The van der Waals surface area contributed by atoms with Gasteiger partial charge in [0, 0.05) is 33.1 Å². The fraction of sp³-hybridized carbons (Fsp3) is 0.375. The average molecular weight is 579 g/mol. The van der Waals surface area contributed by atoms with Crippen LogP contribution >= 0.6 is 0 Å². The van der Waals surface area contributed by atoms with Crippen molar-refractivity contribution in [1.29, 1.82) is 0 Å². The fourth-order valence-electron chi connectivity index (χ4n) is 4.47. The summed E-state index contributed by atoms with van der Waals surface area (Å²) >= 11 is 0. The highest BCUT2D eigenvalue weighted by Gasteiger charge is 2.35. The van der Waals surface area contributed by atoms with Gasteiger partial charge in [-0.05, 0) is 55.5 Å². The molecule has 0 fully saturated rings. The maximum absolute atomic E-state index is 14.3. The van der Waals surface area contributed by atoms with E-state index in [4.69, 9.17) is 0 Å². The normalized spacial score (nSPS) is 13.0. The average Bonchev–Trinajstić information content (AvgIpc) is 2.95. The Morgan fingerprint density at radius 2 is 1.46 bits per heavy atom. The van der Waals surface area contributed by atoms with E-state index in [-0.39, 0.29) is 24.9 Å². The Kier molecular flexibility index (Phi) is 11.1. The summed E-state index contributed by atoms with van der Waals surface area (Å²) in [5.74, 6) is -0.748. The Morgan fingerprint density at radius 3 is 2.02 bits per heavy atom. The molecule has 0 aromatic heterocycles. The van der Waals surface area contributed by atoms with Crippen molar-refractivity contribution in [3.63, 3.8) is 0 Å². The Bertz CT molecular complexity index is 1410. The molecule has 3 aromatic carbocycles. The van der Waals surface area contributed by atoms with Crippen LogP contribution in [0.1, 0.15) is 42.5 Å². The highest BCUT2D eigenvalue weighted by Crippen LogP contribution is 2.26. The van der Waals surface area contributed by atoms with Crippen LogP contribution in [0.4, 0.5) is 5.69 Å². The Labute approximate surface area is 245 Å². The van der Waals surface area contributed by atoms with E-state index in [1.165, 1.54) is 19.0 Å². The van der Waals surface area contributed by atoms with Gasteiger partial charge in [0.25, 0.3) is 0 Å². The molecule has 0 saturated heterocycles. The van der Waals surface area contributed by atoms with Crippen LogP contribution in [-0.4, -0.2) is 62.2 Å². The molecule has 0 aliphatic heterocycles. The van der Waals surface area contributed by atoms with E-state index in [9.17, 15) is 18.0 Å². The summed E-state index contributed by atoms with van der Waals surface area (Å²) in [5.41, 5.74) is 3.75. The lowest BCUT2D eigenvalue weighted by Gasteiger charge is -2.35. The van der Waals surface area contributed by atoms with Crippen molar-refractivity contribution in [2.45, 2.75) is 59.2 Å². The van der Waals surface area contributed by atoms with Gasteiger partial charge < -0.3 is 10.2 Å². The van der Waals surface area contributed by atoms with E-state index in [1.807, 2.05) is 100 Å². The first-order valence-corrected chi connectivity index (χ1v) is 15.3. The first-order valence-electron chi connectivity index (χ1n) is 13.9.